The van der Waals surface area contributed by atoms with Crippen molar-refractivity contribution in [1.29, 1.82) is 0 Å². The van der Waals surface area contributed by atoms with E-state index in [1.165, 1.54) is 0 Å². The van der Waals surface area contributed by atoms with E-state index in [1.807, 2.05) is 20.8 Å². The average molecular weight is 384 g/mol. The first-order valence-electron chi connectivity index (χ1n) is 6.68. The highest BCUT2D eigenvalue weighted by Crippen LogP contribution is 2.49. The Bertz CT molecular complexity index is 560. The SMILES string of the molecule is C[C@H](NP(=S)(Cl)Oc1ccc(Cl)cc1)C(=O)OCC(C)(C)C. The van der Waals surface area contributed by atoms with Crippen molar-refractivity contribution in [3.8, 4) is 5.75 Å². The van der Waals surface area contributed by atoms with Gasteiger partial charge < -0.3 is 9.26 Å². The zero-order valence-electron chi connectivity index (χ0n) is 12.9. The molecule has 0 saturated heterocycles. The molecule has 1 unspecified atom stereocenters. The van der Waals surface area contributed by atoms with Crippen molar-refractivity contribution in [3.05, 3.63) is 29.3 Å². The lowest BCUT2D eigenvalue weighted by atomic mass is 9.99. The molecule has 0 bridgehead atoms. The largest absolute Gasteiger partial charge is 0.464 e. The van der Waals surface area contributed by atoms with E-state index in [0.717, 1.165) is 0 Å². The van der Waals surface area contributed by atoms with Crippen LogP contribution in [0, 0.1) is 5.41 Å². The molecule has 0 aliphatic rings. The van der Waals surface area contributed by atoms with Crippen LogP contribution in [0.4, 0.5) is 0 Å². The number of benzene rings is 1. The fourth-order valence-electron chi connectivity index (χ4n) is 1.35. The highest BCUT2D eigenvalue weighted by Gasteiger charge is 2.25. The van der Waals surface area contributed by atoms with Gasteiger partial charge >= 0.3 is 5.97 Å². The van der Waals surface area contributed by atoms with Gasteiger partial charge in [-0.1, -0.05) is 32.4 Å². The van der Waals surface area contributed by atoms with Crippen molar-refractivity contribution in [1.82, 2.24) is 5.09 Å². The summed E-state index contributed by atoms with van der Waals surface area (Å²) in [4.78, 5) is 11.9. The van der Waals surface area contributed by atoms with Crippen LogP contribution in [0.15, 0.2) is 24.3 Å². The zero-order valence-corrected chi connectivity index (χ0v) is 16.2. The van der Waals surface area contributed by atoms with Gasteiger partial charge in [-0.2, -0.15) is 0 Å². The standard InChI is InChI=1S/C14H20Cl2NO3PS/c1-10(13(18)19-9-14(2,3)4)17-21(16,22)20-12-7-5-11(15)6-8-12/h5-8,10H,9H2,1-4H3,(H,17,22)/t10-,21?/m0/s1. The number of nitrogens with one attached hydrogen (secondary N) is 1. The maximum Gasteiger partial charge on any atom is 0.323 e. The molecule has 4 nitrogen and oxygen atoms in total. The Morgan fingerprint density at radius 3 is 2.41 bits per heavy atom. The van der Waals surface area contributed by atoms with E-state index < -0.39 is 17.8 Å². The number of carbonyl (C=O) groups is 1. The average Bonchev–Trinajstić information content (AvgIpc) is 2.37. The molecule has 0 aliphatic carbocycles. The summed E-state index contributed by atoms with van der Waals surface area (Å²) in [6.45, 7) is 7.90. The topological polar surface area (TPSA) is 47.6 Å². The number of rotatable bonds is 6. The van der Waals surface area contributed by atoms with Crippen LogP contribution in [-0.4, -0.2) is 18.6 Å². The number of ether oxygens (including phenoxy) is 1. The molecule has 0 heterocycles. The molecule has 1 aromatic rings. The van der Waals surface area contributed by atoms with Gasteiger partial charge in [0.2, 0.25) is 0 Å². The Labute approximate surface area is 146 Å². The monoisotopic (exact) mass is 383 g/mol. The van der Waals surface area contributed by atoms with E-state index in [-0.39, 0.29) is 5.41 Å². The summed E-state index contributed by atoms with van der Waals surface area (Å²) in [5, 5.41) is 3.40. The molecule has 124 valence electrons. The predicted octanol–water partition coefficient (Wildman–Crippen LogP) is 4.75. The molecule has 0 aliphatic heterocycles. The highest BCUT2D eigenvalue weighted by molar-refractivity contribution is 8.23. The van der Waals surface area contributed by atoms with E-state index >= 15 is 0 Å². The molecule has 0 amide bonds. The number of esters is 1. The molecule has 1 aromatic carbocycles. The summed E-state index contributed by atoms with van der Waals surface area (Å²) in [7, 11) is 0. The van der Waals surface area contributed by atoms with Gasteiger partial charge in [0.25, 0.3) is 5.77 Å². The van der Waals surface area contributed by atoms with E-state index in [1.54, 1.807) is 31.2 Å². The molecule has 1 rings (SSSR count). The van der Waals surface area contributed by atoms with E-state index in [4.69, 9.17) is 43.9 Å². The third-order valence-electron chi connectivity index (χ3n) is 2.39. The number of halogens is 2. The fraction of sp³-hybridized carbons (Fsp3) is 0.500. The lowest BCUT2D eigenvalue weighted by Gasteiger charge is -2.23. The number of carbonyl (C=O) groups excluding carboxylic acids is 1. The second-order valence-corrected chi connectivity index (χ2v) is 11.5. The third-order valence-corrected chi connectivity index (χ3v) is 4.82. The third kappa shape index (κ3) is 7.80. The Hall–Kier alpha value is -0.320. The fourth-order valence-corrected chi connectivity index (χ4v) is 3.90. The van der Waals surface area contributed by atoms with E-state index in [2.05, 4.69) is 5.09 Å². The van der Waals surface area contributed by atoms with Crippen LogP contribution in [0.1, 0.15) is 27.7 Å². The molecule has 8 heteroatoms. The summed E-state index contributed by atoms with van der Waals surface area (Å²) in [6.07, 6.45) is 0. The van der Waals surface area contributed by atoms with Gasteiger partial charge in [0.15, 0.2) is 0 Å². The molecule has 0 aromatic heterocycles. The Morgan fingerprint density at radius 2 is 1.91 bits per heavy atom. The van der Waals surface area contributed by atoms with Gasteiger partial charge in [-0.25, -0.2) is 5.09 Å². The first kappa shape index (κ1) is 19.7. The molecule has 0 radical (unpaired) electrons. The van der Waals surface area contributed by atoms with Crippen molar-refractivity contribution in [2.45, 2.75) is 33.7 Å². The Morgan fingerprint density at radius 1 is 1.36 bits per heavy atom. The smallest absolute Gasteiger partial charge is 0.323 e. The molecular formula is C14H20Cl2NO3PS. The molecular weight excluding hydrogens is 364 g/mol. The molecule has 22 heavy (non-hydrogen) atoms. The minimum Gasteiger partial charge on any atom is -0.464 e. The summed E-state index contributed by atoms with van der Waals surface area (Å²) in [6, 6.07) is 6.01. The maximum atomic E-state index is 11.9. The molecule has 1 N–H and O–H groups in total. The summed E-state index contributed by atoms with van der Waals surface area (Å²) < 4.78 is 10.8. The Balaban J connectivity index is 2.57. The second kappa shape index (κ2) is 7.98. The van der Waals surface area contributed by atoms with E-state index in [9.17, 15) is 4.79 Å². The van der Waals surface area contributed by atoms with Crippen LogP contribution in [-0.2, 0) is 21.3 Å². The minimum absolute atomic E-state index is 0.101. The zero-order chi connectivity index (χ0) is 17.0. The van der Waals surface area contributed by atoms with Crippen LogP contribution in [0.25, 0.3) is 0 Å². The maximum absolute atomic E-state index is 11.9. The van der Waals surface area contributed by atoms with Crippen molar-refractivity contribution >= 4 is 46.4 Å². The van der Waals surface area contributed by atoms with Crippen LogP contribution in [0.5, 0.6) is 5.75 Å². The molecule has 0 fully saturated rings. The van der Waals surface area contributed by atoms with Gasteiger partial charge in [-0.05, 0) is 59.7 Å². The van der Waals surface area contributed by atoms with Gasteiger partial charge in [-0.15, -0.1) is 0 Å². The first-order chi connectivity index (χ1) is 9.98. The molecule has 0 spiro atoms. The number of hydrogen-bond donors (Lipinski definition) is 1. The van der Waals surface area contributed by atoms with Gasteiger partial charge in [0.1, 0.15) is 11.8 Å². The van der Waals surface area contributed by atoms with Crippen LogP contribution in [0.2, 0.25) is 5.02 Å². The second-order valence-electron chi connectivity index (χ2n) is 6.04. The lowest BCUT2D eigenvalue weighted by molar-refractivity contribution is -0.147. The summed E-state index contributed by atoms with van der Waals surface area (Å²) >= 11 is 17.2. The normalized spacial score (nSPS) is 15.7. The minimum atomic E-state index is -2.89. The number of hydrogen-bond acceptors (Lipinski definition) is 4. The van der Waals surface area contributed by atoms with E-state index in [0.29, 0.717) is 17.4 Å². The quantitative estimate of drug-likeness (QED) is 0.567. The van der Waals surface area contributed by atoms with Crippen molar-refractivity contribution in [2.24, 2.45) is 5.41 Å². The van der Waals surface area contributed by atoms with Crippen LogP contribution >= 0.6 is 28.6 Å². The summed E-state index contributed by atoms with van der Waals surface area (Å²) in [5.74, 6) is -2.81. The van der Waals surface area contributed by atoms with Crippen molar-refractivity contribution < 1.29 is 14.1 Å². The summed E-state index contributed by atoms with van der Waals surface area (Å²) in [5.41, 5.74) is -0.101. The Kier molecular flexibility index (Phi) is 7.16. The molecule has 0 saturated carbocycles. The van der Waals surface area contributed by atoms with Gasteiger partial charge in [0, 0.05) is 5.02 Å². The van der Waals surface area contributed by atoms with Gasteiger partial charge in [0.05, 0.1) is 6.61 Å². The highest BCUT2D eigenvalue weighted by atomic mass is 35.7. The van der Waals surface area contributed by atoms with Crippen molar-refractivity contribution in [3.63, 3.8) is 0 Å². The van der Waals surface area contributed by atoms with Crippen LogP contribution < -0.4 is 9.61 Å². The molecule has 2 atom stereocenters. The lowest BCUT2D eigenvalue weighted by Crippen LogP contribution is -2.34. The van der Waals surface area contributed by atoms with Gasteiger partial charge in [-0.3, -0.25) is 4.79 Å². The van der Waals surface area contributed by atoms with Crippen LogP contribution in [0.3, 0.4) is 0 Å². The van der Waals surface area contributed by atoms with Crippen molar-refractivity contribution in [2.75, 3.05) is 6.61 Å². The first-order valence-corrected chi connectivity index (χ1v) is 10.7. The predicted molar refractivity (Wildman–Crippen MR) is 95.2 cm³/mol.